The SMILES string of the molecule is Cc1ccc(C(=O)O)c(CC#N)c1. The van der Waals surface area contributed by atoms with Gasteiger partial charge in [0, 0.05) is 0 Å². The van der Waals surface area contributed by atoms with Gasteiger partial charge in [-0.1, -0.05) is 17.7 Å². The van der Waals surface area contributed by atoms with Gasteiger partial charge in [-0.3, -0.25) is 0 Å². The molecule has 0 fully saturated rings. The van der Waals surface area contributed by atoms with Crippen LogP contribution in [0.3, 0.4) is 0 Å². The predicted molar refractivity (Wildman–Crippen MR) is 47.5 cm³/mol. The third-order valence-corrected chi connectivity index (χ3v) is 1.76. The summed E-state index contributed by atoms with van der Waals surface area (Å²) in [6.07, 6.45) is 0.142. The zero-order valence-electron chi connectivity index (χ0n) is 7.24. The number of hydrogen-bond donors (Lipinski definition) is 1. The summed E-state index contributed by atoms with van der Waals surface area (Å²) in [5.41, 5.74) is 1.76. The van der Waals surface area contributed by atoms with E-state index in [9.17, 15) is 4.79 Å². The van der Waals surface area contributed by atoms with E-state index in [1.54, 1.807) is 12.1 Å². The van der Waals surface area contributed by atoms with Crippen molar-refractivity contribution in [1.29, 1.82) is 5.26 Å². The number of carbonyl (C=O) groups is 1. The molecule has 0 saturated heterocycles. The molecule has 0 unspecified atom stereocenters. The molecule has 0 aliphatic heterocycles. The molecule has 0 spiro atoms. The van der Waals surface area contributed by atoms with Gasteiger partial charge < -0.3 is 5.11 Å². The zero-order valence-corrected chi connectivity index (χ0v) is 7.24. The minimum atomic E-state index is -0.981. The van der Waals surface area contributed by atoms with E-state index in [0.29, 0.717) is 5.56 Å². The molecule has 0 radical (unpaired) electrons. The Labute approximate surface area is 76.2 Å². The van der Waals surface area contributed by atoms with Gasteiger partial charge in [-0.15, -0.1) is 0 Å². The first-order chi connectivity index (χ1) is 6.15. The number of benzene rings is 1. The Morgan fingerprint density at radius 2 is 2.31 bits per heavy atom. The first-order valence-electron chi connectivity index (χ1n) is 3.85. The third-order valence-electron chi connectivity index (χ3n) is 1.76. The van der Waals surface area contributed by atoms with Crippen molar-refractivity contribution in [1.82, 2.24) is 0 Å². The molecule has 0 saturated carbocycles. The van der Waals surface area contributed by atoms with E-state index in [0.717, 1.165) is 5.56 Å². The molecule has 1 aromatic carbocycles. The largest absolute Gasteiger partial charge is 0.478 e. The number of carboxylic acids is 1. The van der Waals surface area contributed by atoms with Crippen LogP contribution in [0.4, 0.5) is 0 Å². The maximum absolute atomic E-state index is 10.7. The van der Waals surface area contributed by atoms with E-state index in [4.69, 9.17) is 10.4 Å². The fraction of sp³-hybridized carbons (Fsp3) is 0.200. The van der Waals surface area contributed by atoms with Crippen LogP contribution in [-0.4, -0.2) is 11.1 Å². The molecule has 0 heterocycles. The molecule has 0 bridgehead atoms. The van der Waals surface area contributed by atoms with Crippen molar-refractivity contribution in [2.45, 2.75) is 13.3 Å². The summed E-state index contributed by atoms with van der Waals surface area (Å²) in [4.78, 5) is 10.7. The smallest absolute Gasteiger partial charge is 0.335 e. The first-order valence-corrected chi connectivity index (χ1v) is 3.85. The van der Waals surface area contributed by atoms with Crippen molar-refractivity contribution in [2.24, 2.45) is 0 Å². The van der Waals surface area contributed by atoms with Crippen LogP contribution in [0.2, 0.25) is 0 Å². The Kier molecular flexibility index (Phi) is 2.65. The molecule has 3 heteroatoms. The highest BCUT2D eigenvalue weighted by Crippen LogP contribution is 2.12. The maximum atomic E-state index is 10.7. The van der Waals surface area contributed by atoms with Crippen molar-refractivity contribution in [3.05, 3.63) is 34.9 Å². The van der Waals surface area contributed by atoms with E-state index in [1.807, 2.05) is 13.0 Å². The molecule has 0 aliphatic rings. The number of aromatic carboxylic acids is 1. The molecule has 3 nitrogen and oxygen atoms in total. The molecule has 1 aromatic rings. The van der Waals surface area contributed by atoms with Crippen LogP contribution in [0.1, 0.15) is 21.5 Å². The van der Waals surface area contributed by atoms with Gasteiger partial charge in [-0.25, -0.2) is 4.79 Å². The van der Waals surface area contributed by atoms with Gasteiger partial charge in [-0.05, 0) is 18.6 Å². The first kappa shape index (κ1) is 9.27. The van der Waals surface area contributed by atoms with E-state index in [1.165, 1.54) is 6.07 Å². The number of nitrogens with zero attached hydrogens (tertiary/aromatic N) is 1. The highest BCUT2D eigenvalue weighted by molar-refractivity contribution is 5.89. The standard InChI is InChI=1S/C10H9NO2/c1-7-2-3-9(10(12)13)8(6-7)4-5-11/h2-3,6H,4H2,1H3,(H,12,13). The van der Waals surface area contributed by atoms with Crippen molar-refractivity contribution >= 4 is 5.97 Å². The highest BCUT2D eigenvalue weighted by atomic mass is 16.4. The summed E-state index contributed by atoms with van der Waals surface area (Å²) in [6.45, 7) is 1.87. The monoisotopic (exact) mass is 175 g/mol. The van der Waals surface area contributed by atoms with Gasteiger partial charge in [0.15, 0.2) is 0 Å². The quantitative estimate of drug-likeness (QED) is 0.744. The zero-order chi connectivity index (χ0) is 9.84. The van der Waals surface area contributed by atoms with Crippen molar-refractivity contribution in [3.8, 4) is 6.07 Å². The lowest BCUT2D eigenvalue weighted by molar-refractivity contribution is 0.0696. The number of nitriles is 1. The lowest BCUT2D eigenvalue weighted by atomic mass is 10.0. The Balaban J connectivity index is 3.20. The van der Waals surface area contributed by atoms with Gasteiger partial charge in [0.2, 0.25) is 0 Å². The molecule has 1 N–H and O–H groups in total. The molecule has 0 aliphatic carbocycles. The van der Waals surface area contributed by atoms with Crippen LogP contribution in [0.15, 0.2) is 18.2 Å². The minimum Gasteiger partial charge on any atom is -0.478 e. The van der Waals surface area contributed by atoms with Crippen molar-refractivity contribution in [3.63, 3.8) is 0 Å². The number of carboxylic acid groups (broad SMARTS) is 1. The van der Waals surface area contributed by atoms with Crippen LogP contribution in [-0.2, 0) is 6.42 Å². The second-order valence-corrected chi connectivity index (χ2v) is 2.80. The topological polar surface area (TPSA) is 61.1 Å². The average Bonchev–Trinajstić information content (AvgIpc) is 2.04. The third kappa shape index (κ3) is 2.06. The fourth-order valence-electron chi connectivity index (χ4n) is 1.16. The number of hydrogen-bond acceptors (Lipinski definition) is 2. The Morgan fingerprint density at radius 3 is 2.85 bits per heavy atom. The van der Waals surface area contributed by atoms with E-state index >= 15 is 0 Å². The van der Waals surface area contributed by atoms with E-state index in [-0.39, 0.29) is 12.0 Å². The lowest BCUT2D eigenvalue weighted by Crippen LogP contribution is -2.02. The van der Waals surface area contributed by atoms with Crippen LogP contribution in [0.5, 0.6) is 0 Å². The second-order valence-electron chi connectivity index (χ2n) is 2.80. The Morgan fingerprint density at radius 1 is 1.62 bits per heavy atom. The molecule has 66 valence electrons. The van der Waals surface area contributed by atoms with Crippen LogP contribution in [0.25, 0.3) is 0 Å². The summed E-state index contributed by atoms with van der Waals surface area (Å²) in [7, 11) is 0. The fourth-order valence-corrected chi connectivity index (χ4v) is 1.16. The van der Waals surface area contributed by atoms with Crippen molar-refractivity contribution < 1.29 is 9.90 Å². The molecule has 0 aromatic heterocycles. The summed E-state index contributed by atoms with van der Waals surface area (Å²) in [5, 5.41) is 17.2. The molecular weight excluding hydrogens is 166 g/mol. The van der Waals surface area contributed by atoms with Gasteiger partial charge in [-0.2, -0.15) is 5.26 Å². The summed E-state index contributed by atoms with van der Waals surface area (Å²) >= 11 is 0. The van der Waals surface area contributed by atoms with Crippen LogP contribution >= 0.6 is 0 Å². The van der Waals surface area contributed by atoms with Gasteiger partial charge >= 0.3 is 5.97 Å². The van der Waals surface area contributed by atoms with Gasteiger partial charge in [0.25, 0.3) is 0 Å². The summed E-state index contributed by atoms with van der Waals surface area (Å²) < 4.78 is 0. The minimum absolute atomic E-state index is 0.142. The summed E-state index contributed by atoms with van der Waals surface area (Å²) in [5.74, 6) is -0.981. The van der Waals surface area contributed by atoms with Gasteiger partial charge in [0.1, 0.15) is 0 Å². The normalized spacial score (nSPS) is 9.23. The highest BCUT2D eigenvalue weighted by Gasteiger charge is 2.08. The molecule has 0 atom stereocenters. The van der Waals surface area contributed by atoms with E-state index in [2.05, 4.69) is 0 Å². The van der Waals surface area contributed by atoms with E-state index < -0.39 is 5.97 Å². The second kappa shape index (κ2) is 3.72. The molecule has 1 rings (SSSR count). The molecular formula is C10H9NO2. The maximum Gasteiger partial charge on any atom is 0.335 e. The lowest BCUT2D eigenvalue weighted by Gasteiger charge is -2.02. The average molecular weight is 175 g/mol. The van der Waals surface area contributed by atoms with Gasteiger partial charge in [0.05, 0.1) is 18.1 Å². The number of rotatable bonds is 2. The Hall–Kier alpha value is -1.82. The number of aryl methyl sites for hydroxylation is 1. The Bertz CT molecular complexity index is 377. The van der Waals surface area contributed by atoms with Crippen LogP contribution in [0, 0.1) is 18.3 Å². The molecule has 13 heavy (non-hydrogen) atoms. The summed E-state index contributed by atoms with van der Waals surface area (Å²) in [6, 6.07) is 6.93. The van der Waals surface area contributed by atoms with Crippen molar-refractivity contribution in [2.75, 3.05) is 0 Å². The van der Waals surface area contributed by atoms with Crippen LogP contribution < -0.4 is 0 Å². The predicted octanol–water partition coefficient (Wildman–Crippen LogP) is 1.76. The molecule has 0 amide bonds.